The predicted octanol–water partition coefficient (Wildman–Crippen LogP) is 1.54. The van der Waals surface area contributed by atoms with Crippen LogP contribution < -0.4 is 0 Å². The lowest BCUT2D eigenvalue weighted by atomic mass is 10.1. The van der Waals surface area contributed by atoms with Gasteiger partial charge < -0.3 is 10.2 Å². The van der Waals surface area contributed by atoms with Crippen LogP contribution in [-0.2, 0) is 0 Å². The molecule has 0 aliphatic rings. The Morgan fingerprint density at radius 3 is 2.58 bits per heavy atom. The van der Waals surface area contributed by atoms with Gasteiger partial charge in [-0.05, 0) is 18.6 Å². The van der Waals surface area contributed by atoms with Crippen molar-refractivity contribution in [2.24, 2.45) is 0 Å². The number of carbonyl (C=O) groups is 1. The van der Waals surface area contributed by atoms with Crippen molar-refractivity contribution in [3.8, 4) is 5.75 Å². The van der Waals surface area contributed by atoms with E-state index in [1.54, 1.807) is 0 Å². The highest BCUT2D eigenvalue weighted by atomic mass is 19.1. The van der Waals surface area contributed by atoms with Crippen LogP contribution in [0.15, 0.2) is 12.1 Å². The lowest BCUT2D eigenvalue weighted by molar-refractivity contribution is 0.0691. The van der Waals surface area contributed by atoms with Gasteiger partial charge in [-0.15, -0.1) is 0 Å². The van der Waals surface area contributed by atoms with Crippen LogP contribution in [0.2, 0.25) is 0 Å². The Morgan fingerprint density at radius 2 is 2.08 bits per heavy atom. The van der Waals surface area contributed by atoms with Gasteiger partial charge in [0, 0.05) is 6.07 Å². The van der Waals surface area contributed by atoms with Crippen LogP contribution in [0.1, 0.15) is 15.9 Å². The summed E-state index contributed by atoms with van der Waals surface area (Å²) in [6, 6.07) is 1.88. The van der Waals surface area contributed by atoms with Gasteiger partial charge >= 0.3 is 5.97 Å². The minimum atomic E-state index is -1.34. The van der Waals surface area contributed by atoms with Crippen LogP contribution in [0.3, 0.4) is 0 Å². The highest BCUT2D eigenvalue weighted by Crippen LogP contribution is 2.20. The van der Waals surface area contributed by atoms with Crippen LogP contribution in [0, 0.1) is 12.7 Å². The Bertz CT molecular complexity index is 333. The number of hydrogen-bond acceptors (Lipinski definition) is 2. The zero-order valence-electron chi connectivity index (χ0n) is 6.34. The fraction of sp³-hybridized carbons (Fsp3) is 0.125. The number of benzene rings is 1. The first-order valence-electron chi connectivity index (χ1n) is 3.25. The summed E-state index contributed by atoms with van der Waals surface area (Å²) in [5.41, 5.74) is -0.0842. The second-order valence-corrected chi connectivity index (χ2v) is 2.42. The fourth-order valence-electron chi connectivity index (χ4n) is 0.835. The molecule has 0 atom stereocenters. The number of rotatable bonds is 1. The molecule has 1 aromatic carbocycles. The van der Waals surface area contributed by atoms with E-state index in [-0.39, 0.29) is 5.75 Å². The Morgan fingerprint density at radius 1 is 1.50 bits per heavy atom. The summed E-state index contributed by atoms with van der Waals surface area (Å²) < 4.78 is 12.7. The Kier molecular flexibility index (Phi) is 1.99. The van der Waals surface area contributed by atoms with E-state index in [1.165, 1.54) is 6.92 Å². The third kappa shape index (κ3) is 1.37. The van der Waals surface area contributed by atoms with Crippen molar-refractivity contribution in [2.75, 3.05) is 0 Å². The van der Waals surface area contributed by atoms with Gasteiger partial charge in [-0.2, -0.15) is 0 Å². The normalized spacial score (nSPS) is 9.83. The van der Waals surface area contributed by atoms with Crippen molar-refractivity contribution in [2.45, 2.75) is 6.92 Å². The fourth-order valence-corrected chi connectivity index (χ4v) is 0.835. The second-order valence-electron chi connectivity index (χ2n) is 2.42. The van der Waals surface area contributed by atoms with Gasteiger partial charge in [-0.25, -0.2) is 9.18 Å². The summed E-state index contributed by atoms with van der Waals surface area (Å²) in [5, 5.41) is 17.4. The molecular formula is C8H7FO3. The molecule has 0 aliphatic carbocycles. The van der Waals surface area contributed by atoms with Crippen molar-refractivity contribution in [3.05, 3.63) is 29.1 Å². The summed E-state index contributed by atoms with van der Waals surface area (Å²) in [7, 11) is 0. The average Bonchev–Trinajstić information content (AvgIpc) is 1.96. The lowest BCUT2D eigenvalue weighted by Crippen LogP contribution is -2.00. The van der Waals surface area contributed by atoms with Crippen LogP contribution >= 0.6 is 0 Å². The average molecular weight is 170 g/mol. The van der Waals surface area contributed by atoms with Crippen molar-refractivity contribution >= 4 is 5.97 Å². The van der Waals surface area contributed by atoms with Crippen LogP contribution in [0.5, 0.6) is 5.75 Å². The first kappa shape index (κ1) is 8.52. The quantitative estimate of drug-likeness (QED) is 0.672. The molecule has 0 saturated heterocycles. The molecule has 0 heterocycles. The number of phenolic OH excluding ortho intramolecular Hbond substituents is 1. The molecule has 64 valence electrons. The summed E-state index contributed by atoms with van der Waals surface area (Å²) in [5.74, 6) is -2.50. The highest BCUT2D eigenvalue weighted by molar-refractivity contribution is 5.88. The number of carboxylic acid groups (broad SMARTS) is 1. The molecule has 0 radical (unpaired) electrons. The number of aromatic carboxylic acids is 1. The van der Waals surface area contributed by atoms with E-state index in [4.69, 9.17) is 10.2 Å². The third-order valence-electron chi connectivity index (χ3n) is 1.52. The zero-order valence-corrected chi connectivity index (χ0v) is 6.34. The van der Waals surface area contributed by atoms with Gasteiger partial charge in [0.25, 0.3) is 0 Å². The summed E-state index contributed by atoms with van der Waals surface area (Å²) in [6.07, 6.45) is 0. The Balaban J connectivity index is 3.33. The van der Waals surface area contributed by atoms with Crippen molar-refractivity contribution in [3.63, 3.8) is 0 Å². The van der Waals surface area contributed by atoms with E-state index in [1.807, 2.05) is 0 Å². The first-order valence-corrected chi connectivity index (χ1v) is 3.25. The van der Waals surface area contributed by atoms with Crippen molar-refractivity contribution in [1.82, 2.24) is 0 Å². The molecule has 0 amide bonds. The predicted molar refractivity (Wildman–Crippen MR) is 39.8 cm³/mol. The number of aromatic hydroxyl groups is 1. The Labute approximate surface area is 68.1 Å². The number of carboxylic acids is 1. The van der Waals surface area contributed by atoms with Crippen LogP contribution in [0.25, 0.3) is 0 Å². The first-order chi connectivity index (χ1) is 5.52. The smallest absolute Gasteiger partial charge is 0.338 e. The van der Waals surface area contributed by atoms with E-state index in [0.717, 1.165) is 12.1 Å². The van der Waals surface area contributed by atoms with Gasteiger partial charge in [0.15, 0.2) is 0 Å². The maximum absolute atomic E-state index is 12.7. The van der Waals surface area contributed by atoms with Crippen LogP contribution in [-0.4, -0.2) is 16.2 Å². The van der Waals surface area contributed by atoms with Crippen molar-refractivity contribution < 1.29 is 19.4 Å². The molecule has 0 spiro atoms. The van der Waals surface area contributed by atoms with E-state index < -0.39 is 17.3 Å². The topological polar surface area (TPSA) is 57.5 Å². The van der Waals surface area contributed by atoms with E-state index in [9.17, 15) is 9.18 Å². The van der Waals surface area contributed by atoms with Gasteiger partial charge in [-0.3, -0.25) is 0 Å². The maximum Gasteiger partial charge on any atom is 0.338 e. The molecule has 12 heavy (non-hydrogen) atoms. The van der Waals surface area contributed by atoms with E-state index in [0.29, 0.717) is 5.56 Å². The monoisotopic (exact) mass is 170 g/mol. The van der Waals surface area contributed by atoms with Crippen LogP contribution in [0.4, 0.5) is 4.39 Å². The van der Waals surface area contributed by atoms with E-state index in [2.05, 4.69) is 0 Å². The molecule has 0 unspecified atom stereocenters. The van der Waals surface area contributed by atoms with Crippen molar-refractivity contribution in [1.29, 1.82) is 0 Å². The molecule has 1 rings (SSSR count). The van der Waals surface area contributed by atoms with Gasteiger partial charge in [0.1, 0.15) is 11.6 Å². The summed E-state index contributed by atoms with van der Waals surface area (Å²) in [6.45, 7) is 1.50. The zero-order chi connectivity index (χ0) is 9.30. The third-order valence-corrected chi connectivity index (χ3v) is 1.52. The minimum absolute atomic E-state index is 0.238. The minimum Gasteiger partial charge on any atom is -0.508 e. The lowest BCUT2D eigenvalue weighted by Gasteiger charge is -2.01. The molecule has 2 N–H and O–H groups in total. The number of aryl methyl sites for hydroxylation is 1. The molecule has 0 fully saturated rings. The SMILES string of the molecule is Cc1cc(C(=O)O)c(F)cc1O. The molecule has 0 aliphatic heterocycles. The molecule has 4 heteroatoms. The maximum atomic E-state index is 12.7. The number of phenols is 1. The van der Waals surface area contributed by atoms with E-state index >= 15 is 0 Å². The largest absolute Gasteiger partial charge is 0.508 e. The molecule has 3 nitrogen and oxygen atoms in total. The van der Waals surface area contributed by atoms with Gasteiger partial charge in [-0.1, -0.05) is 0 Å². The molecule has 0 saturated carbocycles. The molecule has 0 aromatic heterocycles. The standard InChI is InChI=1S/C8H7FO3/c1-4-2-5(8(11)12)6(9)3-7(4)10/h2-3,10H,1H3,(H,11,12). The number of halogens is 1. The molecular weight excluding hydrogens is 163 g/mol. The molecule has 1 aromatic rings. The molecule has 0 bridgehead atoms. The number of hydrogen-bond donors (Lipinski definition) is 2. The second kappa shape index (κ2) is 2.81. The van der Waals surface area contributed by atoms with Gasteiger partial charge in [0.2, 0.25) is 0 Å². The Hall–Kier alpha value is -1.58. The highest BCUT2D eigenvalue weighted by Gasteiger charge is 2.12. The summed E-state index contributed by atoms with van der Waals surface area (Å²) in [4.78, 5) is 10.4. The van der Waals surface area contributed by atoms with Gasteiger partial charge in [0.05, 0.1) is 5.56 Å². The summed E-state index contributed by atoms with van der Waals surface area (Å²) >= 11 is 0.